The van der Waals surface area contributed by atoms with Crippen molar-refractivity contribution in [1.29, 1.82) is 0 Å². The molecule has 1 aromatic heterocycles. The summed E-state index contributed by atoms with van der Waals surface area (Å²) < 4.78 is 1.14. The lowest BCUT2D eigenvalue weighted by atomic mass is 10.0. The van der Waals surface area contributed by atoms with Crippen LogP contribution >= 0.6 is 11.3 Å². The molecule has 3 nitrogen and oxygen atoms in total. The molecule has 128 valence electrons. The molecule has 0 radical (unpaired) electrons. The summed E-state index contributed by atoms with van der Waals surface area (Å²) in [6.45, 7) is 3.98. The second-order valence-corrected chi connectivity index (χ2v) is 7.34. The van der Waals surface area contributed by atoms with Gasteiger partial charge >= 0.3 is 0 Å². The molecule has 3 aromatic carbocycles. The summed E-state index contributed by atoms with van der Waals surface area (Å²) in [6, 6.07) is 21.7. The van der Waals surface area contributed by atoms with E-state index in [2.05, 4.69) is 11.4 Å². The molecule has 0 aliphatic carbocycles. The third kappa shape index (κ3) is 3.11. The highest BCUT2D eigenvalue weighted by Gasteiger charge is 2.14. The number of rotatable bonds is 3. The van der Waals surface area contributed by atoms with E-state index in [1.54, 1.807) is 11.3 Å². The van der Waals surface area contributed by atoms with Crippen LogP contribution in [0.3, 0.4) is 0 Å². The van der Waals surface area contributed by atoms with Crippen molar-refractivity contribution in [1.82, 2.24) is 4.98 Å². The van der Waals surface area contributed by atoms with Gasteiger partial charge < -0.3 is 5.32 Å². The fourth-order valence-electron chi connectivity index (χ4n) is 3.02. The summed E-state index contributed by atoms with van der Waals surface area (Å²) in [5.41, 5.74) is 5.50. The first-order chi connectivity index (χ1) is 12.6. The van der Waals surface area contributed by atoms with E-state index in [9.17, 15) is 4.79 Å². The fourth-order valence-corrected chi connectivity index (χ4v) is 4.03. The summed E-state index contributed by atoms with van der Waals surface area (Å²) in [5, 5.41) is 3.96. The molecule has 0 atom stereocenters. The molecule has 4 rings (SSSR count). The SMILES string of the molecule is Cc1ccc(C(=O)Nc2ccccc2-c2nc3ccccc3s2)c(C)c1. The minimum atomic E-state index is -0.101. The minimum absolute atomic E-state index is 0.101. The van der Waals surface area contributed by atoms with Crippen molar-refractivity contribution in [3.05, 3.63) is 83.4 Å². The van der Waals surface area contributed by atoms with Crippen LogP contribution in [0.4, 0.5) is 5.69 Å². The lowest BCUT2D eigenvalue weighted by Gasteiger charge is -2.11. The number of amides is 1. The van der Waals surface area contributed by atoms with Crippen LogP contribution in [0.1, 0.15) is 21.5 Å². The fraction of sp³-hybridized carbons (Fsp3) is 0.0909. The first kappa shape index (κ1) is 16.5. The van der Waals surface area contributed by atoms with Crippen molar-refractivity contribution in [2.45, 2.75) is 13.8 Å². The number of aromatic nitrogens is 1. The topological polar surface area (TPSA) is 42.0 Å². The van der Waals surface area contributed by atoms with E-state index in [4.69, 9.17) is 4.98 Å². The predicted molar refractivity (Wildman–Crippen MR) is 109 cm³/mol. The molecule has 0 unspecified atom stereocenters. The number of aryl methyl sites for hydroxylation is 2. The average molecular weight is 358 g/mol. The van der Waals surface area contributed by atoms with E-state index in [0.29, 0.717) is 5.56 Å². The molecule has 0 fully saturated rings. The van der Waals surface area contributed by atoms with Crippen molar-refractivity contribution in [3.63, 3.8) is 0 Å². The van der Waals surface area contributed by atoms with Gasteiger partial charge in [-0.15, -0.1) is 11.3 Å². The number of para-hydroxylation sites is 2. The van der Waals surface area contributed by atoms with E-state index in [-0.39, 0.29) is 5.91 Å². The van der Waals surface area contributed by atoms with Crippen molar-refractivity contribution in [3.8, 4) is 10.6 Å². The Balaban J connectivity index is 1.70. The van der Waals surface area contributed by atoms with Gasteiger partial charge in [0.05, 0.1) is 15.9 Å². The number of nitrogens with one attached hydrogen (secondary N) is 1. The lowest BCUT2D eigenvalue weighted by Crippen LogP contribution is -2.14. The smallest absolute Gasteiger partial charge is 0.255 e. The quantitative estimate of drug-likeness (QED) is 0.500. The van der Waals surface area contributed by atoms with Crippen LogP contribution < -0.4 is 5.32 Å². The Morgan fingerprint density at radius 1 is 0.962 bits per heavy atom. The molecular formula is C22H18N2OS. The van der Waals surface area contributed by atoms with E-state index in [0.717, 1.165) is 37.6 Å². The molecule has 0 saturated heterocycles. The second kappa shape index (κ2) is 6.73. The van der Waals surface area contributed by atoms with Crippen LogP contribution in [0.25, 0.3) is 20.8 Å². The Morgan fingerprint density at radius 2 is 1.73 bits per heavy atom. The number of nitrogens with zero attached hydrogens (tertiary/aromatic N) is 1. The Bertz CT molecular complexity index is 1080. The maximum Gasteiger partial charge on any atom is 0.255 e. The molecule has 0 saturated carbocycles. The molecule has 1 N–H and O–H groups in total. The van der Waals surface area contributed by atoms with Gasteiger partial charge in [0.1, 0.15) is 5.01 Å². The van der Waals surface area contributed by atoms with E-state index in [1.807, 2.05) is 74.5 Å². The molecule has 0 bridgehead atoms. The Kier molecular flexibility index (Phi) is 4.27. The van der Waals surface area contributed by atoms with Crippen molar-refractivity contribution in [2.75, 3.05) is 5.32 Å². The van der Waals surface area contributed by atoms with Gasteiger partial charge in [-0.2, -0.15) is 0 Å². The molecule has 1 heterocycles. The molecule has 0 aliphatic heterocycles. The number of anilines is 1. The van der Waals surface area contributed by atoms with Crippen molar-refractivity contribution < 1.29 is 4.79 Å². The minimum Gasteiger partial charge on any atom is -0.321 e. The predicted octanol–water partition coefficient (Wildman–Crippen LogP) is 5.83. The maximum atomic E-state index is 12.8. The Hall–Kier alpha value is -2.98. The first-order valence-electron chi connectivity index (χ1n) is 8.45. The van der Waals surface area contributed by atoms with Crippen LogP contribution in [0, 0.1) is 13.8 Å². The van der Waals surface area contributed by atoms with Gasteiger partial charge in [-0.1, -0.05) is 42.0 Å². The van der Waals surface area contributed by atoms with Crippen LogP contribution in [-0.4, -0.2) is 10.9 Å². The molecular weight excluding hydrogens is 340 g/mol. The van der Waals surface area contributed by atoms with Crippen LogP contribution in [-0.2, 0) is 0 Å². The van der Waals surface area contributed by atoms with E-state index >= 15 is 0 Å². The number of fused-ring (bicyclic) bond motifs is 1. The zero-order valence-electron chi connectivity index (χ0n) is 14.6. The molecule has 1 amide bonds. The second-order valence-electron chi connectivity index (χ2n) is 6.30. The average Bonchev–Trinajstić information content (AvgIpc) is 3.06. The maximum absolute atomic E-state index is 12.8. The Morgan fingerprint density at radius 3 is 2.54 bits per heavy atom. The number of carbonyl (C=O) groups is 1. The third-order valence-corrected chi connectivity index (χ3v) is 5.40. The number of benzene rings is 3. The number of thiazole rings is 1. The van der Waals surface area contributed by atoms with Gasteiger partial charge in [-0.25, -0.2) is 4.98 Å². The van der Waals surface area contributed by atoms with E-state index in [1.165, 1.54) is 0 Å². The summed E-state index contributed by atoms with van der Waals surface area (Å²) >= 11 is 1.63. The number of hydrogen-bond donors (Lipinski definition) is 1. The summed E-state index contributed by atoms with van der Waals surface area (Å²) in [4.78, 5) is 17.5. The Labute approximate surface area is 156 Å². The summed E-state index contributed by atoms with van der Waals surface area (Å²) in [7, 11) is 0. The van der Waals surface area contributed by atoms with Crippen LogP contribution in [0.2, 0.25) is 0 Å². The number of carbonyl (C=O) groups excluding carboxylic acids is 1. The first-order valence-corrected chi connectivity index (χ1v) is 9.27. The molecule has 26 heavy (non-hydrogen) atoms. The van der Waals surface area contributed by atoms with Crippen molar-refractivity contribution in [2.24, 2.45) is 0 Å². The molecule has 0 spiro atoms. The summed E-state index contributed by atoms with van der Waals surface area (Å²) in [6.07, 6.45) is 0. The highest BCUT2D eigenvalue weighted by Crippen LogP contribution is 2.34. The third-order valence-electron chi connectivity index (χ3n) is 4.33. The molecule has 4 aromatic rings. The normalized spacial score (nSPS) is 10.8. The standard InChI is InChI=1S/C22H18N2OS/c1-14-11-12-16(15(2)13-14)21(25)23-18-8-4-3-7-17(18)22-24-19-9-5-6-10-20(19)26-22/h3-13H,1-2H3,(H,23,25). The van der Waals surface area contributed by atoms with Gasteiger partial charge in [0, 0.05) is 11.1 Å². The largest absolute Gasteiger partial charge is 0.321 e. The van der Waals surface area contributed by atoms with Crippen LogP contribution in [0.15, 0.2) is 66.7 Å². The van der Waals surface area contributed by atoms with Crippen LogP contribution in [0.5, 0.6) is 0 Å². The molecule has 4 heteroatoms. The van der Waals surface area contributed by atoms with E-state index < -0.39 is 0 Å². The van der Waals surface area contributed by atoms with Gasteiger partial charge in [-0.3, -0.25) is 4.79 Å². The lowest BCUT2D eigenvalue weighted by molar-refractivity contribution is 0.102. The van der Waals surface area contributed by atoms with Gasteiger partial charge in [0.2, 0.25) is 0 Å². The highest BCUT2D eigenvalue weighted by molar-refractivity contribution is 7.21. The number of hydrogen-bond acceptors (Lipinski definition) is 3. The molecule has 0 aliphatic rings. The zero-order valence-corrected chi connectivity index (χ0v) is 15.4. The monoisotopic (exact) mass is 358 g/mol. The van der Waals surface area contributed by atoms with Gasteiger partial charge in [0.15, 0.2) is 0 Å². The highest BCUT2D eigenvalue weighted by atomic mass is 32.1. The zero-order chi connectivity index (χ0) is 18.1. The van der Waals surface area contributed by atoms with Gasteiger partial charge in [0.25, 0.3) is 5.91 Å². The summed E-state index contributed by atoms with van der Waals surface area (Å²) in [5.74, 6) is -0.101. The van der Waals surface area contributed by atoms with Gasteiger partial charge in [-0.05, 0) is 49.7 Å². The van der Waals surface area contributed by atoms with Crippen molar-refractivity contribution >= 4 is 33.1 Å².